The fourth-order valence-corrected chi connectivity index (χ4v) is 3.76. The molecule has 2 aromatic heterocycles. The number of nitrogens with zero attached hydrogens (tertiary/aromatic N) is 4. The van der Waals surface area contributed by atoms with E-state index in [9.17, 15) is 4.39 Å². The minimum absolute atomic E-state index is 0.412. The summed E-state index contributed by atoms with van der Waals surface area (Å²) in [6, 6.07) is 23.9. The van der Waals surface area contributed by atoms with Gasteiger partial charge in [0.2, 0.25) is 0 Å². The predicted molar refractivity (Wildman–Crippen MR) is 128 cm³/mol. The van der Waals surface area contributed by atoms with Crippen LogP contribution in [0.4, 0.5) is 10.1 Å². The van der Waals surface area contributed by atoms with Gasteiger partial charge in [0.05, 0.1) is 17.1 Å². The van der Waals surface area contributed by atoms with Crippen LogP contribution in [0.3, 0.4) is 0 Å². The van der Waals surface area contributed by atoms with Crippen LogP contribution in [0.15, 0.2) is 99.7 Å². The Morgan fingerprint density at radius 1 is 0.969 bits per heavy atom. The van der Waals surface area contributed by atoms with Gasteiger partial charge in [-0.15, -0.1) is 0 Å². The van der Waals surface area contributed by atoms with Crippen molar-refractivity contribution in [3.05, 3.63) is 96.6 Å². The molecule has 0 saturated carbocycles. The minimum Gasteiger partial charge on any atom is -0.455 e. The molecule has 0 fully saturated rings. The van der Waals surface area contributed by atoms with Gasteiger partial charge in [0.1, 0.15) is 17.0 Å². The molecule has 0 aliphatic heterocycles. The molecule has 0 amide bonds. The molecule has 0 N–H and O–H groups in total. The molecule has 0 unspecified atom stereocenters. The molecular formula is C26H19FN4O. The summed E-state index contributed by atoms with van der Waals surface area (Å²) in [5.41, 5.74) is 4.71. The maximum absolute atomic E-state index is 14.7. The molecule has 2 heterocycles. The van der Waals surface area contributed by atoms with E-state index in [1.54, 1.807) is 6.20 Å². The van der Waals surface area contributed by atoms with Crippen molar-refractivity contribution in [2.45, 2.75) is 6.92 Å². The van der Waals surface area contributed by atoms with Crippen LogP contribution in [0.5, 0.6) is 0 Å². The first kappa shape index (κ1) is 19.6. The van der Waals surface area contributed by atoms with Gasteiger partial charge in [0, 0.05) is 35.3 Å². The average molecular weight is 422 g/mol. The number of anilines is 1. The van der Waals surface area contributed by atoms with Crippen molar-refractivity contribution in [3.63, 3.8) is 0 Å². The van der Waals surface area contributed by atoms with Crippen LogP contribution < -0.4 is 5.12 Å². The Balaban J connectivity index is 1.62. The highest BCUT2D eigenvalue weighted by atomic mass is 19.1. The summed E-state index contributed by atoms with van der Waals surface area (Å²) in [6.45, 7) is 5.42. The maximum atomic E-state index is 14.7. The first-order valence-corrected chi connectivity index (χ1v) is 10.1. The molecule has 5 nitrogen and oxygen atoms in total. The third-order valence-corrected chi connectivity index (χ3v) is 5.24. The van der Waals surface area contributed by atoms with Crippen LogP contribution >= 0.6 is 0 Å². The maximum Gasteiger partial charge on any atom is 0.143 e. The summed E-state index contributed by atoms with van der Waals surface area (Å²) in [4.78, 5) is 4.29. The Kier molecular flexibility index (Phi) is 4.95. The number of furan rings is 1. The Bertz CT molecular complexity index is 1470. The number of pyridine rings is 1. The van der Waals surface area contributed by atoms with Gasteiger partial charge < -0.3 is 4.42 Å². The third kappa shape index (κ3) is 3.52. The van der Waals surface area contributed by atoms with E-state index >= 15 is 0 Å². The van der Waals surface area contributed by atoms with Crippen molar-refractivity contribution in [1.29, 1.82) is 0 Å². The Morgan fingerprint density at radius 2 is 1.78 bits per heavy atom. The lowest BCUT2D eigenvalue weighted by Crippen LogP contribution is -2.12. The van der Waals surface area contributed by atoms with Gasteiger partial charge in [-0.2, -0.15) is 15.3 Å². The molecular weight excluding hydrogens is 403 g/mol. The van der Waals surface area contributed by atoms with Crippen molar-refractivity contribution >= 4 is 40.1 Å². The van der Waals surface area contributed by atoms with E-state index < -0.39 is 5.82 Å². The Morgan fingerprint density at radius 3 is 2.59 bits per heavy atom. The lowest BCUT2D eigenvalue weighted by molar-refractivity contribution is 0.627. The summed E-state index contributed by atoms with van der Waals surface area (Å²) < 4.78 is 20.8. The van der Waals surface area contributed by atoms with Gasteiger partial charge in [-0.05, 0) is 42.8 Å². The molecule has 5 aromatic rings. The molecule has 0 atom stereocenters. The van der Waals surface area contributed by atoms with E-state index in [1.165, 1.54) is 17.3 Å². The molecule has 0 radical (unpaired) electrons. The summed E-state index contributed by atoms with van der Waals surface area (Å²) in [5, 5.41) is 11.8. The highest BCUT2D eigenvalue weighted by Crippen LogP contribution is 2.37. The smallest absolute Gasteiger partial charge is 0.143 e. The van der Waals surface area contributed by atoms with E-state index in [-0.39, 0.29) is 0 Å². The normalized spacial score (nSPS) is 11.8. The monoisotopic (exact) mass is 422 g/mol. The van der Waals surface area contributed by atoms with E-state index in [1.807, 2.05) is 73.7 Å². The molecule has 5 rings (SSSR count). The van der Waals surface area contributed by atoms with Gasteiger partial charge in [-0.25, -0.2) is 4.39 Å². The number of benzene rings is 3. The number of para-hydroxylation sites is 2. The third-order valence-electron chi connectivity index (χ3n) is 5.24. The molecule has 32 heavy (non-hydrogen) atoms. The van der Waals surface area contributed by atoms with Crippen LogP contribution in [-0.2, 0) is 0 Å². The van der Waals surface area contributed by atoms with Crippen molar-refractivity contribution in [2.75, 3.05) is 5.12 Å². The second-order valence-electron chi connectivity index (χ2n) is 7.31. The second-order valence-corrected chi connectivity index (χ2v) is 7.31. The number of halogens is 1. The topological polar surface area (TPSA) is 54.0 Å². The molecule has 0 spiro atoms. The van der Waals surface area contributed by atoms with E-state index in [2.05, 4.69) is 21.9 Å². The fourth-order valence-electron chi connectivity index (χ4n) is 3.76. The molecule has 0 aliphatic carbocycles. The van der Waals surface area contributed by atoms with Crippen molar-refractivity contribution in [2.24, 2.45) is 10.2 Å². The number of fused-ring (bicyclic) bond motifs is 3. The van der Waals surface area contributed by atoms with Gasteiger partial charge >= 0.3 is 0 Å². The van der Waals surface area contributed by atoms with E-state index in [4.69, 9.17) is 4.42 Å². The SMILES string of the molecule is C=NN(/N=C(\C)c1ccccn1)c1cc(F)cc(-c2cccc3c2oc2ccccc23)c1. The summed E-state index contributed by atoms with van der Waals surface area (Å²) in [5.74, 6) is -0.412. The second kappa shape index (κ2) is 8.07. The summed E-state index contributed by atoms with van der Waals surface area (Å²) >= 11 is 0. The van der Waals surface area contributed by atoms with Crippen LogP contribution in [0.2, 0.25) is 0 Å². The highest BCUT2D eigenvalue weighted by Gasteiger charge is 2.15. The van der Waals surface area contributed by atoms with Gasteiger partial charge in [-0.3, -0.25) is 4.98 Å². The quantitative estimate of drug-likeness (QED) is 0.236. The molecule has 156 valence electrons. The number of rotatable bonds is 5. The molecule has 3 aromatic carbocycles. The minimum atomic E-state index is -0.412. The highest BCUT2D eigenvalue weighted by molar-refractivity contribution is 6.09. The molecule has 0 bridgehead atoms. The molecule has 0 saturated heterocycles. The largest absolute Gasteiger partial charge is 0.455 e. The Labute approximate surface area is 184 Å². The lowest BCUT2D eigenvalue weighted by atomic mass is 10.0. The van der Waals surface area contributed by atoms with Crippen LogP contribution in [-0.4, -0.2) is 17.4 Å². The predicted octanol–water partition coefficient (Wildman–Crippen LogP) is 6.63. The van der Waals surface area contributed by atoms with Crippen molar-refractivity contribution in [1.82, 2.24) is 4.98 Å². The molecule has 6 heteroatoms. The van der Waals surface area contributed by atoms with Crippen molar-refractivity contribution < 1.29 is 8.81 Å². The first-order chi connectivity index (χ1) is 15.6. The first-order valence-electron chi connectivity index (χ1n) is 10.1. The van der Waals surface area contributed by atoms with Crippen LogP contribution in [0.25, 0.3) is 33.1 Å². The molecule has 0 aliphatic rings. The zero-order chi connectivity index (χ0) is 22.1. The van der Waals surface area contributed by atoms with E-state index in [0.717, 1.165) is 21.9 Å². The van der Waals surface area contributed by atoms with Gasteiger partial charge in [0.25, 0.3) is 0 Å². The number of hydrazone groups is 2. The van der Waals surface area contributed by atoms with E-state index in [0.29, 0.717) is 28.2 Å². The number of hydrogen-bond acceptors (Lipinski definition) is 5. The van der Waals surface area contributed by atoms with Crippen LogP contribution in [0, 0.1) is 5.82 Å². The zero-order valence-electron chi connectivity index (χ0n) is 17.4. The average Bonchev–Trinajstić information content (AvgIpc) is 3.21. The summed E-state index contributed by atoms with van der Waals surface area (Å²) in [7, 11) is 0. The Hall–Kier alpha value is -4.32. The number of hydrogen-bond donors (Lipinski definition) is 0. The zero-order valence-corrected chi connectivity index (χ0v) is 17.4. The lowest BCUT2D eigenvalue weighted by Gasteiger charge is -2.15. The van der Waals surface area contributed by atoms with Crippen molar-refractivity contribution in [3.8, 4) is 11.1 Å². The van der Waals surface area contributed by atoms with Gasteiger partial charge in [0.15, 0.2) is 0 Å². The fraction of sp³-hybridized carbons (Fsp3) is 0.0385. The standard InChI is InChI=1S/C26H19FN4O/c1-17(24-11-5-6-13-29-24)30-31(28-2)20-15-18(14-19(27)16-20)21-9-7-10-23-22-8-3-4-12-25(22)32-26(21)23/h3-16H,2H2,1H3/b30-17+. The summed E-state index contributed by atoms with van der Waals surface area (Å²) in [6.07, 6.45) is 1.69. The van der Waals surface area contributed by atoms with Crippen LogP contribution in [0.1, 0.15) is 12.6 Å². The number of aromatic nitrogens is 1. The van der Waals surface area contributed by atoms with Gasteiger partial charge in [-0.1, -0.05) is 42.5 Å².